The van der Waals surface area contributed by atoms with E-state index in [1.54, 1.807) is 13.0 Å². The molecule has 0 amide bonds. The average Bonchev–Trinajstić information content (AvgIpc) is 2.91. The van der Waals surface area contributed by atoms with Crippen molar-refractivity contribution in [3.05, 3.63) is 59.7 Å². The predicted octanol–water partition coefficient (Wildman–Crippen LogP) is 4.47. The van der Waals surface area contributed by atoms with Gasteiger partial charge in [0.25, 0.3) is 5.22 Å². The highest BCUT2D eigenvalue weighted by atomic mass is 32.2. The number of carbonyl (C=O) groups excluding carboxylic acids is 1. The van der Waals surface area contributed by atoms with E-state index in [-0.39, 0.29) is 11.3 Å². The number of para-hydroxylation sites is 2. The number of ketones is 1. The highest BCUT2D eigenvalue weighted by molar-refractivity contribution is 8.00. The fourth-order valence-electron chi connectivity index (χ4n) is 1.99. The molecule has 0 saturated carbocycles. The predicted molar refractivity (Wildman–Crippen MR) is 80.0 cm³/mol. The van der Waals surface area contributed by atoms with Crippen LogP contribution in [0.4, 0.5) is 8.78 Å². The van der Waals surface area contributed by atoms with Crippen LogP contribution in [0.1, 0.15) is 17.3 Å². The fourth-order valence-corrected chi connectivity index (χ4v) is 2.82. The maximum atomic E-state index is 13.2. The van der Waals surface area contributed by atoms with Crippen LogP contribution in [0, 0.1) is 11.6 Å². The summed E-state index contributed by atoms with van der Waals surface area (Å²) in [5.74, 6) is -2.33. The Morgan fingerprint density at radius 2 is 1.95 bits per heavy atom. The van der Waals surface area contributed by atoms with Gasteiger partial charge in [0.05, 0.1) is 5.25 Å². The monoisotopic (exact) mass is 319 g/mol. The number of halogens is 2. The third kappa shape index (κ3) is 2.87. The summed E-state index contributed by atoms with van der Waals surface area (Å²) in [5.41, 5.74) is 1.46. The maximum Gasteiger partial charge on any atom is 0.257 e. The minimum absolute atomic E-state index is 0.120. The second-order valence-corrected chi connectivity index (χ2v) is 5.99. The van der Waals surface area contributed by atoms with Gasteiger partial charge in [0.15, 0.2) is 23.0 Å². The Morgan fingerprint density at radius 3 is 2.68 bits per heavy atom. The number of benzene rings is 2. The minimum Gasteiger partial charge on any atom is -0.431 e. The molecule has 3 rings (SSSR count). The summed E-state index contributed by atoms with van der Waals surface area (Å²) in [6, 6.07) is 10.4. The third-order valence-corrected chi connectivity index (χ3v) is 4.07. The number of hydrogen-bond acceptors (Lipinski definition) is 4. The first-order valence-corrected chi connectivity index (χ1v) is 7.44. The molecule has 6 heteroatoms. The summed E-state index contributed by atoms with van der Waals surface area (Å²) < 4.78 is 31.6. The number of Topliss-reactive ketones (excluding diaryl/α,β-unsaturated/α-hetero) is 1. The van der Waals surface area contributed by atoms with Crippen LogP contribution in [-0.2, 0) is 0 Å². The van der Waals surface area contributed by atoms with Gasteiger partial charge in [-0.25, -0.2) is 13.8 Å². The second-order valence-electron chi connectivity index (χ2n) is 4.70. The molecule has 112 valence electrons. The summed E-state index contributed by atoms with van der Waals surface area (Å²) in [6.07, 6.45) is 0. The lowest BCUT2D eigenvalue weighted by atomic mass is 10.1. The number of hydrogen-bond donors (Lipinski definition) is 0. The Balaban J connectivity index is 1.79. The lowest BCUT2D eigenvalue weighted by Gasteiger charge is -2.07. The molecule has 0 N–H and O–H groups in total. The zero-order valence-electron chi connectivity index (χ0n) is 11.5. The number of aromatic nitrogens is 1. The quantitative estimate of drug-likeness (QED) is 0.526. The van der Waals surface area contributed by atoms with E-state index in [0.29, 0.717) is 16.3 Å². The second kappa shape index (κ2) is 5.88. The van der Waals surface area contributed by atoms with Gasteiger partial charge in [-0.3, -0.25) is 4.79 Å². The summed E-state index contributed by atoms with van der Waals surface area (Å²) in [6.45, 7) is 1.67. The van der Waals surface area contributed by atoms with Crippen molar-refractivity contribution in [3.63, 3.8) is 0 Å². The average molecular weight is 319 g/mol. The van der Waals surface area contributed by atoms with Crippen LogP contribution in [-0.4, -0.2) is 16.0 Å². The van der Waals surface area contributed by atoms with Crippen LogP contribution in [0.2, 0.25) is 0 Å². The number of rotatable bonds is 4. The van der Waals surface area contributed by atoms with E-state index < -0.39 is 16.9 Å². The van der Waals surface area contributed by atoms with Gasteiger partial charge in [-0.1, -0.05) is 23.9 Å². The van der Waals surface area contributed by atoms with E-state index >= 15 is 0 Å². The Labute approximate surface area is 129 Å². The first-order chi connectivity index (χ1) is 10.5. The van der Waals surface area contributed by atoms with Gasteiger partial charge in [0.1, 0.15) is 5.52 Å². The Morgan fingerprint density at radius 1 is 1.18 bits per heavy atom. The molecule has 0 bridgehead atoms. The smallest absolute Gasteiger partial charge is 0.257 e. The molecule has 0 aliphatic heterocycles. The molecule has 3 aromatic rings. The van der Waals surface area contributed by atoms with Crippen LogP contribution >= 0.6 is 11.8 Å². The van der Waals surface area contributed by atoms with Gasteiger partial charge in [0.2, 0.25) is 0 Å². The number of thioether (sulfide) groups is 1. The summed E-state index contributed by atoms with van der Waals surface area (Å²) in [7, 11) is 0. The first kappa shape index (κ1) is 14.7. The summed E-state index contributed by atoms with van der Waals surface area (Å²) >= 11 is 1.14. The highest BCUT2D eigenvalue weighted by Crippen LogP contribution is 2.28. The van der Waals surface area contributed by atoms with E-state index in [2.05, 4.69) is 4.98 Å². The van der Waals surface area contributed by atoms with E-state index in [1.165, 1.54) is 6.07 Å². The normalized spacial score (nSPS) is 12.5. The number of oxazole rings is 1. The molecule has 0 aliphatic rings. The van der Waals surface area contributed by atoms with Gasteiger partial charge in [-0.15, -0.1) is 0 Å². The van der Waals surface area contributed by atoms with Gasteiger partial charge in [0, 0.05) is 5.56 Å². The van der Waals surface area contributed by atoms with Crippen LogP contribution in [0.15, 0.2) is 52.1 Å². The molecule has 0 radical (unpaired) electrons. The molecule has 3 nitrogen and oxygen atoms in total. The molecule has 22 heavy (non-hydrogen) atoms. The van der Waals surface area contributed by atoms with E-state index in [9.17, 15) is 13.6 Å². The Bertz CT molecular complexity index is 814. The molecule has 1 atom stereocenters. The van der Waals surface area contributed by atoms with E-state index in [1.807, 2.05) is 18.2 Å². The van der Waals surface area contributed by atoms with Gasteiger partial charge in [-0.05, 0) is 37.3 Å². The van der Waals surface area contributed by atoms with Crippen molar-refractivity contribution < 1.29 is 18.0 Å². The maximum absolute atomic E-state index is 13.2. The van der Waals surface area contributed by atoms with Crippen LogP contribution in [0.5, 0.6) is 0 Å². The van der Waals surface area contributed by atoms with Crippen LogP contribution < -0.4 is 0 Å². The fraction of sp³-hybridized carbons (Fsp3) is 0.125. The molecule has 1 heterocycles. The minimum atomic E-state index is -1.04. The SMILES string of the molecule is C[C@H](Sc1nc2ccccc2o1)C(=O)c1ccc(F)c(F)c1. The number of carbonyl (C=O) groups is 1. The molecule has 0 fully saturated rings. The van der Waals surface area contributed by atoms with Crippen molar-refractivity contribution in [1.82, 2.24) is 4.98 Å². The van der Waals surface area contributed by atoms with Gasteiger partial charge >= 0.3 is 0 Å². The van der Waals surface area contributed by atoms with Crippen molar-refractivity contribution in [2.75, 3.05) is 0 Å². The third-order valence-electron chi connectivity index (χ3n) is 3.13. The zero-order chi connectivity index (χ0) is 15.7. The molecule has 2 aromatic carbocycles. The van der Waals surface area contributed by atoms with Crippen molar-refractivity contribution >= 4 is 28.6 Å². The molecule has 0 unspecified atom stereocenters. The molecular formula is C16H11F2NO2S. The summed E-state index contributed by atoms with van der Waals surface area (Å²) in [5, 5.41) is -0.164. The van der Waals surface area contributed by atoms with Gasteiger partial charge in [-0.2, -0.15) is 0 Å². The molecule has 1 aromatic heterocycles. The zero-order valence-corrected chi connectivity index (χ0v) is 12.4. The number of nitrogens with zero attached hydrogens (tertiary/aromatic N) is 1. The highest BCUT2D eigenvalue weighted by Gasteiger charge is 2.20. The Kier molecular flexibility index (Phi) is 3.94. The van der Waals surface area contributed by atoms with Crippen molar-refractivity contribution in [1.29, 1.82) is 0 Å². The van der Waals surface area contributed by atoms with E-state index in [4.69, 9.17) is 4.42 Å². The van der Waals surface area contributed by atoms with Crippen LogP contribution in [0.3, 0.4) is 0 Å². The van der Waals surface area contributed by atoms with Crippen molar-refractivity contribution in [3.8, 4) is 0 Å². The molecular weight excluding hydrogens is 308 g/mol. The molecule has 0 spiro atoms. The standard InChI is InChI=1S/C16H11F2NO2S/c1-9(15(20)10-6-7-11(17)12(18)8-10)22-16-19-13-4-2-3-5-14(13)21-16/h2-9H,1H3/t9-/m0/s1. The number of fused-ring (bicyclic) bond motifs is 1. The summed E-state index contributed by atoms with van der Waals surface area (Å²) in [4.78, 5) is 16.5. The van der Waals surface area contributed by atoms with Crippen molar-refractivity contribution in [2.45, 2.75) is 17.4 Å². The molecule has 0 saturated heterocycles. The van der Waals surface area contributed by atoms with Crippen LogP contribution in [0.25, 0.3) is 11.1 Å². The van der Waals surface area contributed by atoms with Crippen molar-refractivity contribution in [2.24, 2.45) is 0 Å². The topological polar surface area (TPSA) is 43.1 Å². The lowest BCUT2D eigenvalue weighted by molar-refractivity contribution is 0.0993. The molecule has 0 aliphatic carbocycles. The van der Waals surface area contributed by atoms with Gasteiger partial charge < -0.3 is 4.42 Å². The first-order valence-electron chi connectivity index (χ1n) is 6.56. The largest absolute Gasteiger partial charge is 0.431 e. The Hall–Kier alpha value is -2.21. The lowest BCUT2D eigenvalue weighted by Crippen LogP contribution is -2.14. The van der Waals surface area contributed by atoms with E-state index in [0.717, 1.165) is 23.9 Å².